The summed E-state index contributed by atoms with van der Waals surface area (Å²) in [7, 11) is 0. The topological polar surface area (TPSA) is 96.4 Å². The molecule has 2 atom stereocenters. The number of aliphatic hydroxyl groups is 2. The minimum atomic E-state index is -1.37. The molecule has 3 N–H and O–H groups in total. The van der Waals surface area contributed by atoms with Crippen molar-refractivity contribution in [1.82, 2.24) is 4.98 Å². The molecule has 0 saturated carbocycles. The first-order chi connectivity index (χ1) is 12.9. The number of benzene rings is 2. The van der Waals surface area contributed by atoms with Gasteiger partial charge in [0.15, 0.2) is 0 Å². The van der Waals surface area contributed by atoms with Crippen molar-refractivity contribution < 1.29 is 54.1 Å². The van der Waals surface area contributed by atoms with Crippen LogP contribution < -0.4 is 34.7 Å². The Labute approximate surface area is 183 Å². The molecule has 0 aliphatic carbocycles. The third-order valence-corrected chi connectivity index (χ3v) is 4.27. The first kappa shape index (κ1) is 22.3. The van der Waals surface area contributed by atoms with Crippen LogP contribution in [0.3, 0.4) is 0 Å². The molecule has 2 aromatic carbocycles. The number of halogens is 1. The van der Waals surface area contributed by atoms with E-state index in [1.165, 1.54) is 18.2 Å². The van der Waals surface area contributed by atoms with E-state index in [2.05, 4.69) is 4.98 Å². The Morgan fingerprint density at radius 2 is 1.82 bits per heavy atom. The second-order valence-corrected chi connectivity index (χ2v) is 6.36. The molecular formula is C21H19FNNaO4. The van der Waals surface area contributed by atoms with Crippen LogP contribution in [0.5, 0.6) is 0 Å². The number of aliphatic carboxylic acids is 1. The summed E-state index contributed by atoms with van der Waals surface area (Å²) in [4.78, 5) is 13.8. The molecule has 0 radical (unpaired) electrons. The van der Waals surface area contributed by atoms with Crippen LogP contribution in [0.1, 0.15) is 18.5 Å². The molecule has 0 aliphatic rings. The Kier molecular flexibility index (Phi) is 7.98. The first-order valence-electron chi connectivity index (χ1n) is 8.55. The summed E-state index contributed by atoms with van der Waals surface area (Å²) < 4.78 is 13.3. The van der Waals surface area contributed by atoms with Crippen molar-refractivity contribution in [3.8, 4) is 11.1 Å². The number of rotatable bonds is 7. The normalized spacial score (nSPS) is 13.4. The molecule has 5 nitrogen and oxygen atoms in total. The standard InChI is InChI=1S/C21H20FNO4.Na/c22-14-7-5-13(6-8-14)21-17-3-1-2-4-18(17)23-19(21)10-9-15(24)11-16(25)12-20(26)27;/h1-10,15-16,23-25H,11-12H2,(H,26,27);/q;+1/p-1/b10-9-;/t15-,16-;/m1./s1. The largest absolute Gasteiger partial charge is 1.00 e. The van der Waals surface area contributed by atoms with E-state index >= 15 is 0 Å². The zero-order chi connectivity index (χ0) is 19.4. The Hall–Kier alpha value is -1.96. The van der Waals surface area contributed by atoms with Gasteiger partial charge in [-0.3, -0.25) is 0 Å². The smallest absolute Gasteiger partial charge is 0.550 e. The minimum absolute atomic E-state index is 0. The molecule has 0 aliphatic heterocycles. The van der Waals surface area contributed by atoms with Gasteiger partial charge in [-0.15, -0.1) is 0 Å². The van der Waals surface area contributed by atoms with Gasteiger partial charge in [0.1, 0.15) is 5.82 Å². The molecule has 3 rings (SSSR count). The average molecular weight is 391 g/mol. The fourth-order valence-electron chi connectivity index (χ4n) is 3.06. The SMILES string of the molecule is O=C([O-])C[C@H](O)C[C@H](O)/C=C\c1[nH]c2ccccc2c1-c1ccc(F)cc1.[Na+]. The summed E-state index contributed by atoms with van der Waals surface area (Å²) in [5.74, 6) is -1.69. The van der Waals surface area contributed by atoms with Crippen LogP contribution in [0.2, 0.25) is 0 Å². The molecule has 0 saturated heterocycles. The number of para-hydroxylation sites is 1. The Morgan fingerprint density at radius 1 is 1.14 bits per heavy atom. The number of H-pyrrole nitrogens is 1. The molecule has 0 amide bonds. The molecule has 28 heavy (non-hydrogen) atoms. The summed E-state index contributed by atoms with van der Waals surface area (Å²) >= 11 is 0. The molecule has 0 spiro atoms. The molecule has 0 unspecified atom stereocenters. The first-order valence-corrected chi connectivity index (χ1v) is 8.55. The molecule has 7 heteroatoms. The second kappa shape index (κ2) is 10.0. The molecular weight excluding hydrogens is 372 g/mol. The number of aromatic amines is 1. The molecule has 1 aromatic heterocycles. The van der Waals surface area contributed by atoms with Gasteiger partial charge in [0.2, 0.25) is 0 Å². The number of hydrogen-bond donors (Lipinski definition) is 3. The van der Waals surface area contributed by atoms with Crippen molar-refractivity contribution in [2.24, 2.45) is 0 Å². The minimum Gasteiger partial charge on any atom is -0.550 e. The summed E-state index contributed by atoms with van der Waals surface area (Å²) in [6.07, 6.45) is 0.306. The Bertz CT molecular complexity index is 968. The number of carboxylic acids is 1. The van der Waals surface area contributed by atoms with E-state index in [-0.39, 0.29) is 41.8 Å². The third kappa shape index (κ3) is 5.53. The maximum absolute atomic E-state index is 13.3. The number of hydrogen-bond acceptors (Lipinski definition) is 4. The predicted molar refractivity (Wildman–Crippen MR) is 99.0 cm³/mol. The van der Waals surface area contributed by atoms with E-state index in [4.69, 9.17) is 0 Å². The van der Waals surface area contributed by atoms with Crippen molar-refractivity contribution in [3.05, 3.63) is 66.1 Å². The fourth-order valence-corrected chi connectivity index (χ4v) is 3.06. The number of carboxylic acid groups (broad SMARTS) is 1. The average Bonchev–Trinajstić information content (AvgIpc) is 2.98. The molecule has 3 aromatic rings. The van der Waals surface area contributed by atoms with Crippen molar-refractivity contribution in [2.45, 2.75) is 25.0 Å². The number of carbonyl (C=O) groups excluding carboxylic acids is 1. The van der Waals surface area contributed by atoms with Crippen molar-refractivity contribution in [2.75, 3.05) is 0 Å². The van der Waals surface area contributed by atoms with Gasteiger partial charge in [-0.2, -0.15) is 0 Å². The number of carbonyl (C=O) groups is 1. The Balaban J connectivity index is 0.00000280. The van der Waals surface area contributed by atoms with Crippen molar-refractivity contribution in [3.63, 3.8) is 0 Å². The maximum Gasteiger partial charge on any atom is 1.00 e. The number of aromatic nitrogens is 1. The number of fused-ring (bicyclic) bond motifs is 1. The van der Waals surface area contributed by atoms with Gasteiger partial charge in [-0.05, 0) is 29.8 Å². The van der Waals surface area contributed by atoms with E-state index in [1.807, 2.05) is 24.3 Å². The van der Waals surface area contributed by atoms with Crippen molar-refractivity contribution >= 4 is 22.9 Å². The van der Waals surface area contributed by atoms with Gasteiger partial charge >= 0.3 is 29.6 Å². The van der Waals surface area contributed by atoms with Crippen LogP contribution in [0, 0.1) is 5.82 Å². The monoisotopic (exact) mass is 391 g/mol. The van der Waals surface area contributed by atoms with Gasteiger partial charge in [0, 0.05) is 41.0 Å². The zero-order valence-corrected chi connectivity index (χ0v) is 17.4. The van der Waals surface area contributed by atoms with Crippen LogP contribution in [-0.4, -0.2) is 33.4 Å². The van der Waals surface area contributed by atoms with Crippen LogP contribution in [0.15, 0.2) is 54.6 Å². The number of aliphatic hydroxyl groups excluding tert-OH is 2. The van der Waals surface area contributed by atoms with E-state index in [1.54, 1.807) is 18.2 Å². The summed E-state index contributed by atoms with van der Waals surface area (Å²) in [6.45, 7) is 0. The predicted octanol–water partition coefficient (Wildman–Crippen LogP) is -0.757. The second-order valence-electron chi connectivity index (χ2n) is 6.36. The fraction of sp³-hybridized carbons (Fsp3) is 0.190. The quantitative estimate of drug-likeness (QED) is 0.462. The molecule has 1 heterocycles. The molecule has 0 bridgehead atoms. The van der Waals surface area contributed by atoms with Crippen LogP contribution in [0.4, 0.5) is 4.39 Å². The summed E-state index contributed by atoms with van der Waals surface area (Å²) in [5, 5.41) is 31.1. The maximum atomic E-state index is 13.3. The van der Waals surface area contributed by atoms with Crippen LogP contribution >= 0.6 is 0 Å². The van der Waals surface area contributed by atoms with Gasteiger partial charge in [0.05, 0.1) is 12.2 Å². The Morgan fingerprint density at radius 3 is 2.50 bits per heavy atom. The molecule has 140 valence electrons. The van der Waals surface area contributed by atoms with Gasteiger partial charge in [0.25, 0.3) is 0 Å². The van der Waals surface area contributed by atoms with Crippen LogP contribution in [0.25, 0.3) is 28.1 Å². The third-order valence-electron chi connectivity index (χ3n) is 4.27. The van der Waals surface area contributed by atoms with Gasteiger partial charge in [-0.25, -0.2) is 4.39 Å². The van der Waals surface area contributed by atoms with Crippen molar-refractivity contribution in [1.29, 1.82) is 0 Å². The zero-order valence-electron chi connectivity index (χ0n) is 15.4. The summed E-state index contributed by atoms with van der Waals surface area (Å²) in [6, 6.07) is 13.8. The molecule has 0 fully saturated rings. The summed E-state index contributed by atoms with van der Waals surface area (Å²) in [5.41, 5.74) is 3.29. The van der Waals surface area contributed by atoms with E-state index in [0.717, 1.165) is 27.7 Å². The van der Waals surface area contributed by atoms with Crippen LogP contribution in [-0.2, 0) is 4.79 Å². The van der Waals surface area contributed by atoms with E-state index in [0.29, 0.717) is 0 Å². The van der Waals surface area contributed by atoms with Gasteiger partial charge < -0.3 is 25.1 Å². The van der Waals surface area contributed by atoms with Gasteiger partial charge in [-0.1, -0.05) is 36.4 Å². The number of nitrogens with one attached hydrogen (secondary N) is 1. The van der Waals surface area contributed by atoms with E-state index in [9.17, 15) is 24.5 Å². The van der Waals surface area contributed by atoms with E-state index < -0.39 is 24.6 Å².